The fourth-order valence-corrected chi connectivity index (χ4v) is 6.05. The molecule has 10 heteroatoms. The third kappa shape index (κ3) is 9.26. The zero-order chi connectivity index (χ0) is 38.2. The number of nitrogens with zero attached hydrogens (tertiary/aromatic N) is 2. The van der Waals surface area contributed by atoms with Crippen LogP contribution in [0.25, 0.3) is 16.5 Å². The molecule has 0 aliphatic carbocycles. The van der Waals surface area contributed by atoms with Crippen LogP contribution in [0.2, 0.25) is 0 Å². The van der Waals surface area contributed by atoms with Gasteiger partial charge in [0.25, 0.3) is 0 Å². The number of methoxy groups -OCH3 is 1. The van der Waals surface area contributed by atoms with Gasteiger partial charge in [0.2, 0.25) is 5.91 Å². The third-order valence-electron chi connectivity index (χ3n) is 9.13. The van der Waals surface area contributed by atoms with E-state index >= 15 is 0 Å². The van der Waals surface area contributed by atoms with Crippen molar-refractivity contribution in [3.05, 3.63) is 137 Å². The molecular weight excluding hydrogens is 677 g/mol. The van der Waals surface area contributed by atoms with Crippen LogP contribution < -0.4 is 30.7 Å². The van der Waals surface area contributed by atoms with Crippen molar-refractivity contribution >= 4 is 39.9 Å². The van der Waals surface area contributed by atoms with Gasteiger partial charge in [-0.25, -0.2) is 9.48 Å². The molecule has 5 aromatic carbocycles. The summed E-state index contributed by atoms with van der Waals surface area (Å²) < 4.78 is 13.3. The predicted molar refractivity (Wildman–Crippen MR) is 217 cm³/mol. The number of hydrogen-bond donors (Lipinski definition) is 4. The molecule has 0 saturated heterocycles. The summed E-state index contributed by atoms with van der Waals surface area (Å²) in [5.41, 5.74) is 7.08. The van der Waals surface area contributed by atoms with Crippen molar-refractivity contribution in [1.82, 2.24) is 15.1 Å². The van der Waals surface area contributed by atoms with Crippen molar-refractivity contribution in [2.75, 3.05) is 29.6 Å². The number of anilines is 3. The lowest BCUT2D eigenvalue weighted by Crippen LogP contribution is -2.28. The molecule has 6 rings (SSSR count). The van der Waals surface area contributed by atoms with E-state index in [4.69, 9.17) is 14.6 Å². The lowest BCUT2D eigenvalue weighted by molar-refractivity contribution is -0.115. The Hall–Kier alpha value is -6.13. The largest absolute Gasteiger partial charge is 0.497 e. The van der Waals surface area contributed by atoms with Crippen LogP contribution in [-0.4, -0.2) is 35.4 Å². The molecule has 0 aliphatic heterocycles. The van der Waals surface area contributed by atoms with Crippen LogP contribution in [0, 0.1) is 6.92 Å². The highest BCUT2D eigenvalue weighted by molar-refractivity contribution is 6.07. The second-order valence-corrected chi connectivity index (χ2v) is 14.3. The van der Waals surface area contributed by atoms with Gasteiger partial charge in [-0.15, -0.1) is 0 Å². The average Bonchev–Trinajstić information content (AvgIpc) is 3.59. The van der Waals surface area contributed by atoms with Crippen molar-refractivity contribution in [3.63, 3.8) is 0 Å². The fourth-order valence-electron chi connectivity index (χ4n) is 6.05. The first kappa shape index (κ1) is 37.6. The summed E-state index contributed by atoms with van der Waals surface area (Å²) in [6, 6.07) is 34.8. The molecular formula is C44H48N6O4. The molecule has 0 spiro atoms. The normalized spacial score (nSPS) is 11.3. The molecule has 54 heavy (non-hydrogen) atoms. The monoisotopic (exact) mass is 724 g/mol. The number of amides is 3. The molecule has 0 aliphatic rings. The number of carbonyl (C=O) groups is 2. The molecule has 6 aromatic rings. The highest BCUT2D eigenvalue weighted by atomic mass is 16.5. The van der Waals surface area contributed by atoms with Gasteiger partial charge < -0.3 is 25.4 Å². The Kier molecular flexibility index (Phi) is 11.6. The number of benzene rings is 5. The van der Waals surface area contributed by atoms with Crippen LogP contribution in [0.3, 0.4) is 0 Å². The van der Waals surface area contributed by atoms with Crippen LogP contribution >= 0.6 is 0 Å². The van der Waals surface area contributed by atoms with Gasteiger partial charge in [-0.2, -0.15) is 5.10 Å². The van der Waals surface area contributed by atoms with Gasteiger partial charge in [-0.3, -0.25) is 10.1 Å². The second kappa shape index (κ2) is 16.7. The van der Waals surface area contributed by atoms with Gasteiger partial charge in [0.15, 0.2) is 0 Å². The Morgan fingerprint density at radius 2 is 1.50 bits per heavy atom. The van der Waals surface area contributed by atoms with E-state index < -0.39 is 0 Å². The molecule has 0 unspecified atom stereocenters. The molecule has 4 N–H and O–H groups in total. The van der Waals surface area contributed by atoms with Gasteiger partial charge in [-0.05, 0) is 72.5 Å². The van der Waals surface area contributed by atoms with E-state index in [1.807, 2.05) is 116 Å². The number of ether oxygens (including phenoxy) is 2. The first-order valence-electron chi connectivity index (χ1n) is 18.2. The maximum absolute atomic E-state index is 13.5. The topological polar surface area (TPSA) is 119 Å². The van der Waals surface area contributed by atoms with E-state index in [0.29, 0.717) is 30.4 Å². The molecule has 0 bridgehead atoms. The fraction of sp³-hybridized carbons (Fsp3) is 0.250. The van der Waals surface area contributed by atoms with Gasteiger partial charge in [-0.1, -0.05) is 93.9 Å². The van der Waals surface area contributed by atoms with Crippen molar-refractivity contribution in [2.24, 2.45) is 0 Å². The minimum absolute atomic E-state index is 0.122. The van der Waals surface area contributed by atoms with Crippen LogP contribution in [0.4, 0.5) is 22.0 Å². The number of aromatic nitrogens is 2. The number of carbonyl (C=O) groups excluding carboxylic acids is 2. The number of aryl methyl sites for hydroxylation is 2. The molecule has 0 fully saturated rings. The first-order chi connectivity index (χ1) is 26.0. The highest BCUT2D eigenvalue weighted by Gasteiger charge is 2.22. The molecule has 1 aromatic heterocycles. The quantitative estimate of drug-likeness (QED) is 0.0944. The molecule has 0 atom stereocenters. The number of urea groups is 1. The summed E-state index contributed by atoms with van der Waals surface area (Å²) in [5.74, 6) is 1.92. The summed E-state index contributed by atoms with van der Waals surface area (Å²) in [6.07, 6.45) is 0.773. The summed E-state index contributed by atoms with van der Waals surface area (Å²) in [5, 5.41) is 18.9. The van der Waals surface area contributed by atoms with Crippen LogP contribution in [-0.2, 0) is 29.8 Å². The zero-order valence-electron chi connectivity index (χ0n) is 31.7. The highest BCUT2D eigenvalue weighted by Crippen LogP contribution is 2.33. The Balaban J connectivity index is 1.12. The minimum atomic E-state index is -0.385. The lowest BCUT2D eigenvalue weighted by atomic mass is 9.92. The van der Waals surface area contributed by atoms with Crippen molar-refractivity contribution < 1.29 is 19.1 Å². The van der Waals surface area contributed by atoms with Crippen LogP contribution in [0.1, 0.15) is 55.6 Å². The Morgan fingerprint density at radius 3 is 2.20 bits per heavy atom. The van der Waals surface area contributed by atoms with E-state index in [0.717, 1.165) is 62.3 Å². The Bertz CT molecular complexity index is 2240. The van der Waals surface area contributed by atoms with E-state index in [2.05, 4.69) is 49.0 Å². The smallest absolute Gasteiger partial charge is 0.324 e. The van der Waals surface area contributed by atoms with E-state index in [1.165, 1.54) is 0 Å². The zero-order valence-corrected chi connectivity index (χ0v) is 31.7. The number of hydrogen-bond acceptors (Lipinski definition) is 6. The lowest BCUT2D eigenvalue weighted by Gasteiger charge is -2.16. The Labute approximate surface area is 316 Å². The molecule has 10 nitrogen and oxygen atoms in total. The maximum atomic E-state index is 13.5. The van der Waals surface area contributed by atoms with Gasteiger partial charge >= 0.3 is 6.03 Å². The standard InChI is InChI=1S/C44H48N6O4/c1-7-32-17-14-31(24-38(32)46-42(51)27-45-26-30-15-20-34(53-6)21-16-30)28-54-39-23-22-37(35-10-8-9-11-36(35)39)47-43(52)48-41-25-40(44(3,4)5)49-50(41)33-18-12-29(2)13-19-33/h8-25,45H,7,26-28H2,1-6H3,(H,46,51)(H2,47,48,52). The van der Waals surface area contributed by atoms with Gasteiger partial charge in [0.1, 0.15) is 23.9 Å². The maximum Gasteiger partial charge on any atom is 0.324 e. The van der Waals surface area contributed by atoms with Gasteiger partial charge in [0.05, 0.1) is 30.7 Å². The van der Waals surface area contributed by atoms with E-state index in [-0.39, 0.29) is 23.9 Å². The first-order valence-corrected chi connectivity index (χ1v) is 18.2. The molecule has 1 heterocycles. The molecule has 3 amide bonds. The van der Waals surface area contributed by atoms with E-state index in [1.54, 1.807) is 11.8 Å². The summed E-state index contributed by atoms with van der Waals surface area (Å²) >= 11 is 0. The molecule has 278 valence electrons. The predicted octanol–water partition coefficient (Wildman–Crippen LogP) is 9.15. The van der Waals surface area contributed by atoms with Crippen LogP contribution in [0.5, 0.6) is 11.5 Å². The number of fused-ring (bicyclic) bond motifs is 1. The van der Waals surface area contributed by atoms with Crippen LogP contribution in [0.15, 0.2) is 109 Å². The summed E-state index contributed by atoms with van der Waals surface area (Å²) in [6.45, 7) is 11.4. The minimum Gasteiger partial charge on any atom is -0.497 e. The second-order valence-electron chi connectivity index (χ2n) is 14.3. The summed E-state index contributed by atoms with van der Waals surface area (Å²) in [7, 11) is 1.64. The Morgan fingerprint density at radius 1 is 0.778 bits per heavy atom. The van der Waals surface area contributed by atoms with Gasteiger partial charge in [0, 0.05) is 34.5 Å². The SMILES string of the molecule is CCc1ccc(COc2ccc(NC(=O)Nc3cc(C(C)(C)C)nn3-c3ccc(C)cc3)c3ccccc23)cc1NC(=O)CNCc1ccc(OC)cc1. The number of rotatable bonds is 13. The summed E-state index contributed by atoms with van der Waals surface area (Å²) in [4.78, 5) is 26.4. The average molecular weight is 725 g/mol. The number of nitrogens with one attached hydrogen (secondary N) is 4. The molecule has 0 radical (unpaired) electrons. The van der Waals surface area contributed by atoms with E-state index in [9.17, 15) is 9.59 Å². The molecule has 0 saturated carbocycles. The van der Waals surface area contributed by atoms with Crippen molar-refractivity contribution in [2.45, 2.75) is 59.6 Å². The third-order valence-corrected chi connectivity index (χ3v) is 9.13. The van der Waals surface area contributed by atoms with Crippen molar-refractivity contribution in [3.8, 4) is 17.2 Å². The van der Waals surface area contributed by atoms with Crippen molar-refractivity contribution in [1.29, 1.82) is 0 Å².